The molecular weight excluding hydrogens is 837 g/mol. The normalized spacial score (nSPS) is 12.6. The van der Waals surface area contributed by atoms with Crippen LogP contribution in [0.2, 0.25) is 0 Å². The number of ether oxygens (including phenoxy) is 3. The Morgan fingerprint density at radius 3 is 1.03 bits per heavy atom. The standard InChI is InChI=1S/C63H114O5/c1-4-7-10-13-16-19-22-25-28-30-32-33-36-38-41-44-47-50-53-56-62(64)67-60-61(68-63(65)57-54-51-48-45-42-39-35-27-24-21-18-15-12-9-6-3)59-66-58-55-52-49-46-43-40-37-34-31-29-26-23-20-17-14-11-8-5-2/h8,11,17,20,26,29,34,37,43,46,61H,4-7,9-10,12-16,18-19,21-25,27-28,30-33,35-36,38-42,44-45,47-60H2,1-3H3/b11-8-,20-17-,29-26-,37-34-,46-43-. The molecule has 0 aromatic carbocycles. The van der Waals surface area contributed by atoms with Crippen LogP contribution in [0.1, 0.15) is 303 Å². The molecule has 0 amide bonds. The zero-order chi connectivity index (χ0) is 49.2. The van der Waals surface area contributed by atoms with Gasteiger partial charge >= 0.3 is 11.9 Å². The van der Waals surface area contributed by atoms with Crippen LogP contribution in [0, 0.1) is 0 Å². The summed E-state index contributed by atoms with van der Waals surface area (Å²) < 4.78 is 17.5. The summed E-state index contributed by atoms with van der Waals surface area (Å²) in [7, 11) is 0. The third-order valence-corrected chi connectivity index (χ3v) is 13.1. The average molecular weight is 952 g/mol. The minimum Gasteiger partial charge on any atom is -0.462 e. The molecule has 0 spiro atoms. The van der Waals surface area contributed by atoms with Gasteiger partial charge in [0, 0.05) is 19.4 Å². The molecule has 0 aliphatic carbocycles. The first-order chi connectivity index (χ1) is 33.6. The summed E-state index contributed by atoms with van der Waals surface area (Å²) in [6.45, 7) is 7.67. The molecule has 1 atom stereocenters. The third-order valence-electron chi connectivity index (χ3n) is 13.1. The van der Waals surface area contributed by atoms with Crippen molar-refractivity contribution >= 4 is 11.9 Å². The smallest absolute Gasteiger partial charge is 0.306 e. The van der Waals surface area contributed by atoms with Crippen molar-refractivity contribution in [3.05, 3.63) is 60.8 Å². The number of unbranched alkanes of at least 4 members (excludes halogenated alkanes) is 34. The van der Waals surface area contributed by atoms with Crippen molar-refractivity contribution < 1.29 is 23.8 Å². The molecule has 0 rings (SSSR count). The number of rotatable bonds is 55. The van der Waals surface area contributed by atoms with E-state index in [1.165, 1.54) is 193 Å². The zero-order valence-corrected chi connectivity index (χ0v) is 45.6. The Kier molecular flexibility index (Phi) is 56.8. The minimum absolute atomic E-state index is 0.0720. The molecule has 0 saturated heterocycles. The Labute approximate surface area is 424 Å². The quantitative estimate of drug-likeness (QED) is 0.0345. The van der Waals surface area contributed by atoms with Gasteiger partial charge in [0.1, 0.15) is 6.61 Å². The van der Waals surface area contributed by atoms with Crippen LogP contribution in [0.5, 0.6) is 0 Å². The van der Waals surface area contributed by atoms with Crippen molar-refractivity contribution in [3.8, 4) is 0 Å². The lowest BCUT2D eigenvalue weighted by atomic mass is 10.0. The lowest BCUT2D eigenvalue weighted by molar-refractivity contribution is -0.163. The fraction of sp³-hybridized carbons (Fsp3) is 0.810. The van der Waals surface area contributed by atoms with Gasteiger partial charge in [0.2, 0.25) is 0 Å². The average Bonchev–Trinajstić information content (AvgIpc) is 3.34. The summed E-state index contributed by atoms with van der Waals surface area (Å²) >= 11 is 0. The van der Waals surface area contributed by atoms with E-state index < -0.39 is 6.10 Å². The molecule has 396 valence electrons. The molecule has 0 radical (unpaired) electrons. The SMILES string of the molecule is CC/C=C\C/C=C\C/C=C\C/C=C\C/C=C\CCCCOCC(COC(=O)CCCCCCCCCCCCCCCCCCCCC)OC(=O)CCCCCCCCCCCCCCCCC. The Balaban J connectivity index is 4.29. The summed E-state index contributed by atoms with van der Waals surface area (Å²) in [6, 6.07) is 0. The van der Waals surface area contributed by atoms with Crippen molar-refractivity contribution in [1.82, 2.24) is 0 Å². The second-order valence-electron chi connectivity index (χ2n) is 19.9. The Hall–Kier alpha value is -2.40. The highest BCUT2D eigenvalue weighted by Gasteiger charge is 2.17. The number of allylic oxidation sites excluding steroid dienone is 10. The van der Waals surface area contributed by atoms with Crippen LogP contribution in [0.4, 0.5) is 0 Å². The predicted octanol–water partition coefficient (Wildman–Crippen LogP) is 20.5. The van der Waals surface area contributed by atoms with E-state index in [1.54, 1.807) is 0 Å². The van der Waals surface area contributed by atoms with Crippen molar-refractivity contribution in [2.24, 2.45) is 0 Å². The van der Waals surface area contributed by atoms with E-state index >= 15 is 0 Å². The zero-order valence-electron chi connectivity index (χ0n) is 45.6. The second-order valence-corrected chi connectivity index (χ2v) is 19.9. The van der Waals surface area contributed by atoms with Crippen LogP contribution in [0.15, 0.2) is 60.8 Å². The van der Waals surface area contributed by atoms with E-state index in [0.29, 0.717) is 19.4 Å². The van der Waals surface area contributed by atoms with E-state index in [9.17, 15) is 9.59 Å². The van der Waals surface area contributed by atoms with Crippen LogP contribution in [0.25, 0.3) is 0 Å². The maximum Gasteiger partial charge on any atom is 0.306 e. The van der Waals surface area contributed by atoms with Crippen LogP contribution in [0.3, 0.4) is 0 Å². The molecule has 0 aromatic rings. The molecule has 0 aliphatic rings. The van der Waals surface area contributed by atoms with E-state index in [-0.39, 0.29) is 25.2 Å². The van der Waals surface area contributed by atoms with Crippen LogP contribution in [-0.4, -0.2) is 37.9 Å². The molecule has 0 heterocycles. The Morgan fingerprint density at radius 2 is 0.662 bits per heavy atom. The van der Waals surface area contributed by atoms with Crippen LogP contribution < -0.4 is 0 Å². The third kappa shape index (κ3) is 56.2. The van der Waals surface area contributed by atoms with Gasteiger partial charge in [-0.1, -0.05) is 287 Å². The molecule has 5 nitrogen and oxygen atoms in total. The van der Waals surface area contributed by atoms with E-state index in [2.05, 4.69) is 81.5 Å². The highest BCUT2D eigenvalue weighted by molar-refractivity contribution is 5.70. The van der Waals surface area contributed by atoms with Crippen molar-refractivity contribution in [1.29, 1.82) is 0 Å². The van der Waals surface area contributed by atoms with Gasteiger partial charge in [-0.2, -0.15) is 0 Å². The molecule has 5 heteroatoms. The fourth-order valence-electron chi connectivity index (χ4n) is 8.66. The van der Waals surface area contributed by atoms with Gasteiger partial charge in [0.15, 0.2) is 6.10 Å². The van der Waals surface area contributed by atoms with Gasteiger partial charge in [-0.05, 0) is 64.2 Å². The predicted molar refractivity (Wildman–Crippen MR) is 298 cm³/mol. The molecule has 0 bridgehead atoms. The molecule has 0 fully saturated rings. The first-order valence-electron chi connectivity index (χ1n) is 29.8. The number of carbonyl (C=O) groups is 2. The molecule has 1 unspecified atom stereocenters. The Morgan fingerprint density at radius 1 is 0.338 bits per heavy atom. The fourth-order valence-corrected chi connectivity index (χ4v) is 8.66. The highest BCUT2D eigenvalue weighted by atomic mass is 16.6. The molecule has 0 aliphatic heterocycles. The van der Waals surface area contributed by atoms with Gasteiger partial charge in [0.25, 0.3) is 0 Å². The van der Waals surface area contributed by atoms with E-state index in [1.807, 2.05) is 0 Å². The lowest BCUT2D eigenvalue weighted by Gasteiger charge is -2.18. The van der Waals surface area contributed by atoms with E-state index in [4.69, 9.17) is 14.2 Å². The number of hydrogen-bond donors (Lipinski definition) is 0. The summed E-state index contributed by atoms with van der Waals surface area (Å²) in [5.74, 6) is -0.404. The van der Waals surface area contributed by atoms with Gasteiger partial charge in [-0.3, -0.25) is 9.59 Å². The summed E-state index contributed by atoms with van der Waals surface area (Å²) in [5, 5.41) is 0. The first-order valence-corrected chi connectivity index (χ1v) is 29.8. The molecule has 0 saturated carbocycles. The van der Waals surface area contributed by atoms with Gasteiger partial charge in [-0.15, -0.1) is 0 Å². The maximum absolute atomic E-state index is 12.9. The van der Waals surface area contributed by atoms with Gasteiger partial charge in [0.05, 0.1) is 6.61 Å². The second kappa shape index (κ2) is 58.9. The monoisotopic (exact) mass is 951 g/mol. The summed E-state index contributed by atoms with van der Waals surface area (Å²) in [6.07, 6.45) is 75.4. The van der Waals surface area contributed by atoms with Crippen molar-refractivity contribution in [3.63, 3.8) is 0 Å². The highest BCUT2D eigenvalue weighted by Crippen LogP contribution is 2.17. The lowest BCUT2D eigenvalue weighted by Crippen LogP contribution is -2.30. The number of carbonyl (C=O) groups excluding carboxylic acids is 2. The minimum atomic E-state index is -0.557. The number of hydrogen-bond acceptors (Lipinski definition) is 5. The molecular formula is C63H114O5. The molecule has 68 heavy (non-hydrogen) atoms. The van der Waals surface area contributed by atoms with Crippen molar-refractivity contribution in [2.45, 2.75) is 309 Å². The topological polar surface area (TPSA) is 61.8 Å². The summed E-state index contributed by atoms with van der Waals surface area (Å²) in [4.78, 5) is 25.5. The van der Waals surface area contributed by atoms with Gasteiger partial charge in [-0.25, -0.2) is 0 Å². The summed E-state index contributed by atoms with van der Waals surface area (Å²) in [5.41, 5.74) is 0. The number of esters is 2. The van der Waals surface area contributed by atoms with Crippen LogP contribution in [-0.2, 0) is 23.8 Å². The molecule has 0 N–H and O–H groups in total. The van der Waals surface area contributed by atoms with E-state index in [0.717, 1.165) is 77.0 Å². The molecule has 0 aromatic heterocycles. The first kappa shape index (κ1) is 65.6. The van der Waals surface area contributed by atoms with Crippen LogP contribution >= 0.6 is 0 Å². The van der Waals surface area contributed by atoms with Crippen molar-refractivity contribution in [2.75, 3.05) is 19.8 Å². The van der Waals surface area contributed by atoms with Gasteiger partial charge < -0.3 is 14.2 Å². The largest absolute Gasteiger partial charge is 0.462 e. The Bertz CT molecular complexity index is 1170. The maximum atomic E-state index is 12.9.